The predicted molar refractivity (Wildman–Crippen MR) is 110 cm³/mol. The molecule has 0 amide bonds. The van der Waals surface area contributed by atoms with Crippen LogP contribution >= 0.6 is 0 Å². The highest BCUT2D eigenvalue weighted by Gasteiger charge is 2.12. The van der Waals surface area contributed by atoms with E-state index in [9.17, 15) is 13.2 Å². The molecule has 4 aromatic rings. The third-order valence-electron chi connectivity index (χ3n) is 5.23. The molecule has 0 aliphatic rings. The van der Waals surface area contributed by atoms with Gasteiger partial charge in [-0.2, -0.15) is 0 Å². The van der Waals surface area contributed by atoms with E-state index in [-0.39, 0.29) is 11.1 Å². The summed E-state index contributed by atoms with van der Waals surface area (Å²) in [4.78, 5) is 0. The van der Waals surface area contributed by atoms with Crippen LogP contribution in [0.4, 0.5) is 13.2 Å². The molecule has 3 heteroatoms. The number of hydrogen-bond acceptors (Lipinski definition) is 0. The summed E-state index contributed by atoms with van der Waals surface area (Å²) in [5, 5.41) is 3.70. The van der Waals surface area contributed by atoms with Crippen molar-refractivity contribution in [2.45, 2.75) is 32.6 Å². The Bertz CT molecular complexity index is 1140. The van der Waals surface area contributed by atoms with Crippen molar-refractivity contribution in [3.05, 3.63) is 83.7 Å². The van der Waals surface area contributed by atoms with Crippen molar-refractivity contribution in [3.8, 4) is 11.1 Å². The Balaban J connectivity index is 1.80. The molecular formula is C25H21F3. The molecule has 4 aromatic carbocycles. The number of benzene rings is 4. The highest BCUT2D eigenvalue weighted by Crippen LogP contribution is 2.33. The summed E-state index contributed by atoms with van der Waals surface area (Å²) in [6.07, 6.45) is 4.61. The first-order valence-corrected chi connectivity index (χ1v) is 9.66. The number of hydrogen-bond donors (Lipinski definition) is 0. The molecule has 0 atom stereocenters. The molecule has 0 heterocycles. The largest absolute Gasteiger partial charge is 0.207 e. The smallest absolute Gasteiger partial charge is 0.131 e. The molecule has 0 unspecified atom stereocenters. The van der Waals surface area contributed by atoms with Crippen LogP contribution in [0.25, 0.3) is 32.7 Å². The molecule has 0 bridgehead atoms. The number of unbranched alkanes of at least 4 members (excludes halogenated alkanes) is 2. The van der Waals surface area contributed by atoms with Gasteiger partial charge in [-0.25, -0.2) is 13.2 Å². The quantitative estimate of drug-likeness (QED) is 0.245. The van der Waals surface area contributed by atoms with Crippen LogP contribution in [0.1, 0.15) is 31.7 Å². The van der Waals surface area contributed by atoms with Gasteiger partial charge in [0.05, 0.1) is 0 Å². The van der Waals surface area contributed by atoms with Gasteiger partial charge in [0, 0.05) is 11.6 Å². The van der Waals surface area contributed by atoms with Crippen molar-refractivity contribution in [3.63, 3.8) is 0 Å². The van der Waals surface area contributed by atoms with E-state index in [4.69, 9.17) is 0 Å². The second-order valence-electron chi connectivity index (χ2n) is 7.29. The van der Waals surface area contributed by atoms with Crippen LogP contribution < -0.4 is 0 Å². The fraction of sp³-hybridized carbons (Fsp3) is 0.200. The minimum Gasteiger partial charge on any atom is -0.207 e. The van der Waals surface area contributed by atoms with E-state index >= 15 is 0 Å². The fourth-order valence-electron chi connectivity index (χ4n) is 3.80. The number of rotatable bonds is 5. The van der Waals surface area contributed by atoms with Gasteiger partial charge in [-0.3, -0.25) is 0 Å². The zero-order valence-corrected chi connectivity index (χ0v) is 15.7. The van der Waals surface area contributed by atoms with E-state index in [1.54, 1.807) is 6.07 Å². The molecule has 0 aromatic heterocycles. The van der Waals surface area contributed by atoms with Crippen LogP contribution in [0.2, 0.25) is 0 Å². The fourth-order valence-corrected chi connectivity index (χ4v) is 3.80. The Hall–Kier alpha value is -2.81. The average molecular weight is 378 g/mol. The maximum Gasteiger partial charge on any atom is 0.131 e. The number of halogens is 3. The monoisotopic (exact) mass is 378 g/mol. The molecule has 28 heavy (non-hydrogen) atoms. The van der Waals surface area contributed by atoms with E-state index in [1.165, 1.54) is 24.5 Å². The van der Waals surface area contributed by atoms with E-state index < -0.39 is 17.5 Å². The van der Waals surface area contributed by atoms with E-state index in [1.807, 2.05) is 18.2 Å². The van der Waals surface area contributed by atoms with Crippen LogP contribution in [0.3, 0.4) is 0 Å². The van der Waals surface area contributed by atoms with E-state index in [0.29, 0.717) is 0 Å². The normalized spacial score (nSPS) is 11.4. The topological polar surface area (TPSA) is 0 Å². The first-order valence-electron chi connectivity index (χ1n) is 9.66. The first kappa shape index (κ1) is 18.5. The lowest BCUT2D eigenvalue weighted by molar-refractivity contribution is 0.583. The molecule has 0 nitrogen and oxygen atoms in total. The molecule has 0 fully saturated rings. The summed E-state index contributed by atoms with van der Waals surface area (Å²) in [5.41, 5.74) is 1.68. The zero-order valence-electron chi connectivity index (χ0n) is 15.7. The Morgan fingerprint density at radius 1 is 0.679 bits per heavy atom. The molecular weight excluding hydrogens is 357 g/mol. The minimum atomic E-state index is -0.719. The van der Waals surface area contributed by atoms with Gasteiger partial charge in [0.1, 0.15) is 17.5 Å². The Labute approximate surface area is 162 Å². The molecule has 0 saturated carbocycles. The van der Waals surface area contributed by atoms with Gasteiger partial charge in [-0.15, -0.1) is 0 Å². The number of fused-ring (bicyclic) bond motifs is 3. The molecule has 0 N–H and O–H groups in total. The van der Waals surface area contributed by atoms with Crippen LogP contribution in [0, 0.1) is 17.5 Å². The standard InChI is InChI=1S/C25H21F3/c1-2-3-4-5-16-6-9-22-17(10-16)7-8-18-13-24(25(28)15-23(18)22)19-11-20(26)14-21(27)12-19/h6-15H,2-5H2,1H3. The maximum absolute atomic E-state index is 14.8. The summed E-state index contributed by atoms with van der Waals surface area (Å²) in [6, 6.07) is 16.5. The minimum absolute atomic E-state index is 0.196. The molecule has 0 spiro atoms. The molecule has 4 rings (SSSR count). The lowest BCUT2D eigenvalue weighted by atomic mass is 9.95. The van der Waals surface area contributed by atoms with Gasteiger partial charge in [-0.1, -0.05) is 50.1 Å². The second kappa shape index (κ2) is 7.67. The van der Waals surface area contributed by atoms with Gasteiger partial charge >= 0.3 is 0 Å². The summed E-state index contributed by atoms with van der Waals surface area (Å²) >= 11 is 0. The van der Waals surface area contributed by atoms with Crippen LogP contribution in [-0.4, -0.2) is 0 Å². The third-order valence-corrected chi connectivity index (χ3v) is 5.23. The van der Waals surface area contributed by atoms with E-state index in [2.05, 4.69) is 19.1 Å². The number of aryl methyl sites for hydroxylation is 1. The predicted octanol–water partition coefficient (Wildman–Crippen LogP) is 7.81. The average Bonchev–Trinajstić information content (AvgIpc) is 2.66. The highest BCUT2D eigenvalue weighted by atomic mass is 19.1. The van der Waals surface area contributed by atoms with Crippen LogP contribution in [-0.2, 0) is 6.42 Å². The van der Waals surface area contributed by atoms with Crippen molar-refractivity contribution in [1.82, 2.24) is 0 Å². The summed E-state index contributed by atoms with van der Waals surface area (Å²) in [7, 11) is 0. The summed E-state index contributed by atoms with van der Waals surface area (Å²) < 4.78 is 41.9. The Kier molecular flexibility index (Phi) is 5.08. The van der Waals surface area contributed by atoms with Crippen molar-refractivity contribution in [2.24, 2.45) is 0 Å². The molecule has 0 aliphatic carbocycles. The van der Waals surface area contributed by atoms with Gasteiger partial charge in [0.15, 0.2) is 0 Å². The Morgan fingerprint density at radius 3 is 2.11 bits per heavy atom. The van der Waals surface area contributed by atoms with Crippen molar-refractivity contribution < 1.29 is 13.2 Å². The van der Waals surface area contributed by atoms with Gasteiger partial charge < -0.3 is 0 Å². The van der Waals surface area contributed by atoms with Crippen molar-refractivity contribution >= 4 is 21.5 Å². The third kappa shape index (κ3) is 3.62. The zero-order chi connectivity index (χ0) is 19.7. The van der Waals surface area contributed by atoms with Gasteiger partial charge in [0.2, 0.25) is 0 Å². The lowest BCUT2D eigenvalue weighted by Gasteiger charge is -2.10. The van der Waals surface area contributed by atoms with Crippen molar-refractivity contribution in [1.29, 1.82) is 0 Å². The molecule has 142 valence electrons. The van der Waals surface area contributed by atoms with Crippen molar-refractivity contribution in [2.75, 3.05) is 0 Å². The lowest BCUT2D eigenvalue weighted by Crippen LogP contribution is -1.90. The highest BCUT2D eigenvalue weighted by molar-refractivity contribution is 6.08. The SMILES string of the molecule is CCCCCc1ccc2c(ccc3cc(-c4cc(F)cc(F)c4)c(F)cc32)c1. The Morgan fingerprint density at radius 2 is 1.39 bits per heavy atom. The molecule has 0 radical (unpaired) electrons. The van der Waals surface area contributed by atoms with E-state index in [0.717, 1.165) is 52.6 Å². The molecule has 0 saturated heterocycles. The summed E-state index contributed by atoms with van der Waals surface area (Å²) in [6.45, 7) is 2.19. The van der Waals surface area contributed by atoms with Crippen LogP contribution in [0.15, 0.2) is 60.7 Å². The molecule has 0 aliphatic heterocycles. The first-order chi connectivity index (χ1) is 13.5. The van der Waals surface area contributed by atoms with Gasteiger partial charge in [0.25, 0.3) is 0 Å². The second-order valence-corrected chi connectivity index (χ2v) is 7.29. The maximum atomic E-state index is 14.8. The summed E-state index contributed by atoms with van der Waals surface area (Å²) in [5.74, 6) is -1.93. The van der Waals surface area contributed by atoms with Crippen LogP contribution in [0.5, 0.6) is 0 Å². The van der Waals surface area contributed by atoms with Gasteiger partial charge in [-0.05, 0) is 69.8 Å².